The van der Waals surface area contributed by atoms with E-state index in [9.17, 15) is 4.79 Å². The van der Waals surface area contributed by atoms with Gasteiger partial charge in [0.25, 0.3) is 0 Å². The van der Waals surface area contributed by atoms with Crippen molar-refractivity contribution in [2.24, 2.45) is 5.92 Å². The van der Waals surface area contributed by atoms with Crippen LogP contribution in [0.2, 0.25) is 0 Å². The van der Waals surface area contributed by atoms with Crippen molar-refractivity contribution in [3.63, 3.8) is 0 Å². The number of ether oxygens (including phenoxy) is 2. The minimum atomic E-state index is -0.224. The summed E-state index contributed by atoms with van der Waals surface area (Å²) >= 11 is 0. The van der Waals surface area contributed by atoms with Crippen LogP contribution in [0.15, 0.2) is 24.3 Å². The van der Waals surface area contributed by atoms with Crippen molar-refractivity contribution in [3.05, 3.63) is 24.3 Å². The van der Waals surface area contributed by atoms with Crippen molar-refractivity contribution in [2.75, 3.05) is 18.9 Å². The van der Waals surface area contributed by atoms with Crippen molar-refractivity contribution >= 4 is 11.7 Å². The van der Waals surface area contributed by atoms with Crippen LogP contribution in [-0.4, -0.2) is 19.2 Å². The van der Waals surface area contributed by atoms with Crippen LogP contribution < -0.4 is 10.5 Å². The molecule has 4 nitrogen and oxygen atoms in total. The molecule has 2 N–H and O–H groups in total. The molecule has 4 heteroatoms. The van der Waals surface area contributed by atoms with E-state index in [0.717, 1.165) is 12.8 Å². The van der Waals surface area contributed by atoms with Gasteiger partial charge < -0.3 is 15.2 Å². The Bertz CT molecular complexity index is 391. The lowest BCUT2D eigenvalue weighted by molar-refractivity contribution is -0.144. The lowest BCUT2D eigenvalue weighted by atomic mass is 10.1. The minimum absolute atomic E-state index is 0.224. The quantitative estimate of drug-likeness (QED) is 0.446. The molecule has 0 unspecified atom stereocenters. The Labute approximate surface area is 114 Å². The summed E-state index contributed by atoms with van der Waals surface area (Å²) in [5.41, 5.74) is 6.30. The third-order valence-electron chi connectivity index (χ3n) is 2.67. The Morgan fingerprint density at radius 2 is 2.00 bits per heavy atom. The summed E-state index contributed by atoms with van der Waals surface area (Å²) in [5.74, 6) is 1.02. The van der Waals surface area contributed by atoms with Gasteiger partial charge in [-0.3, -0.25) is 4.79 Å². The molecule has 0 heterocycles. The molecule has 0 aromatic heterocycles. The van der Waals surface area contributed by atoms with Crippen LogP contribution in [0.1, 0.15) is 33.1 Å². The second-order valence-electron chi connectivity index (χ2n) is 4.89. The van der Waals surface area contributed by atoms with E-state index in [1.54, 1.807) is 12.1 Å². The molecule has 1 aromatic carbocycles. The van der Waals surface area contributed by atoms with Gasteiger partial charge in [0.15, 0.2) is 0 Å². The van der Waals surface area contributed by atoms with Crippen LogP contribution >= 0.6 is 0 Å². The van der Waals surface area contributed by atoms with Gasteiger partial charge in [0, 0.05) is 0 Å². The van der Waals surface area contributed by atoms with Crippen molar-refractivity contribution in [3.8, 4) is 5.75 Å². The number of para-hydroxylation sites is 2. The van der Waals surface area contributed by atoms with E-state index in [1.165, 1.54) is 0 Å². The van der Waals surface area contributed by atoms with Crippen LogP contribution in [0.5, 0.6) is 5.75 Å². The highest BCUT2D eigenvalue weighted by Gasteiger charge is 2.05. The average molecular weight is 265 g/mol. The molecule has 0 aliphatic rings. The normalized spacial score (nSPS) is 10.5. The largest absolute Gasteiger partial charge is 0.491 e. The fourth-order valence-electron chi connectivity index (χ4n) is 1.61. The third-order valence-corrected chi connectivity index (χ3v) is 2.67. The first-order valence-electron chi connectivity index (χ1n) is 6.72. The van der Waals surface area contributed by atoms with Crippen LogP contribution in [0, 0.1) is 5.92 Å². The Hall–Kier alpha value is -1.71. The summed E-state index contributed by atoms with van der Waals surface area (Å²) in [5, 5.41) is 0. The van der Waals surface area contributed by atoms with Crippen molar-refractivity contribution in [2.45, 2.75) is 33.1 Å². The number of rotatable bonds is 8. The number of nitrogens with two attached hydrogens (primary N) is 1. The first kappa shape index (κ1) is 15.3. The number of hydrogen-bond acceptors (Lipinski definition) is 4. The van der Waals surface area contributed by atoms with Crippen LogP contribution in [0.25, 0.3) is 0 Å². The molecule has 0 spiro atoms. The summed E-state index contributed by atoms with van der Waals surface area (Å²) in [6, 6.07) is 7.23. The van der Waals surface area contributed by atoms with E-state index in [4.69, 9.17) is 15.2 Å². The van der Waals surface area contributed by atoms with Crippen molar-refractivity contribution in [1.82, 2.24) is 0 Å². The number of hydrogen-bond donors (Lipinski definition) is 1. The van der Waals surface area contributed by atoms with Crippen LogP contribution in [0.3, 0.4) is 0 Å². The van der Waals surface area contributed by atoms with E-state index in [0.29, 0.717) is 24.0 Å². The summed E-state index contributed by atoms with van der Waals surface area (Å²) in [7, 11) is 0. The SMILES string of the molecule is CC(C)CCCOC(=O)CCOc1ccccc1N. The monoisotopic (exact) mass is 265 g/mol. The predicted molar refractivity (Wildman–Crippen MR) is 76.0 cm³/mol. The number of carbonyl (C=O) groups is 1. The highest BCUT2D eigenvalue weighted by Crippen LogP contribution is 2.19. The minimum Gasteiger partial charge on any atom is -0.491 e. The average Bonchev–Trinajstić information content (AvgIpc) is 2.37. The summed E-state index contributed by atoms with van der Waals surface area (Å²) < 4.78 is 10.5. The number of anilines is 1. The van der Waals surface area contributed by atoms with Crippen molar-refractivity contribution in [1.29, 1.82) is 0 Å². The van der Waals surface area contributed by atoms with Gasteiger partial charge >= 0.3 is 5.97 Å². The number of benzene rings is 1. The van der Waals surface area contributed by atoms with E-state index in [1.807, 2.05) is 12.1 Å². The number of esters is 1. The zero-order valence-electron chi connectivity index (χ0n) is 11.7. The summed E-state index contributed by atoms with van der Waals surface area (Å²) in [6.45, 7) is 5.08. The fourth-order valence-corrected chi connectivity index (χ4v) is 1.61. The van der Waals surface area contributed by atoms with Gasteiger partial charge in [-0.25, -0.2) is 0 Å². The van der Waals surface area contributed by atoms with Gasteiger partial charge in [-0.15, -0.1) is 0 Å². The van der Waals surface area contributed by atoms with Crippen LogP contribution in [-0.2, 0) is 9.53 Å². The van der Waals surface area contributed by atoms with Crippen molar-refractivity contribution < 1.29 is 14.3 Å². The zero-order chi connectivity index (χ0) is 14.1. The first-order valence-corrected chi connectivity index (χ1v) is 6.72. The lowest BCUT2D eigenvalue weighted by Crippen LogP contribution is -2.11. The van der Waals surface area contributed by atoms with Gasteiger partial charge in [0.2, 0.25) is 0 Å². The Balaban J connectivity index is 2.12. The topological polar surface area (TPSA) is 61.5 Å². The van der Waals surface area contributed by atoms with E-state index in [2.05, 4.69) is 13.8 Å². The maximum absolute atomic E-state index is 11.4. The maximum Gasteiger partial charge on any atom is 0.309 e. The van der Waals surface area contributed by atoms with Crippen LogP contribution in [0.4, 0.5) is 5.69 Å². The summed E-state index contributed by atoms with van der Waals surface area (Å²) in [4.78, 5) is 11.4. The van der Waals surface area contributed by atoms with E-state index in [-0.39, 0.29) is 19.0 Å². The van der Waals surface area contributed by atoms with E-state index < -0.39 is 0 Å². The number of carbonyl (C=O) groups excluding carboxylic acids is 1. The lowest BCUT2D eigenvalue weighted by Gasteiger charge is -2.09. The second-order valence-corrected chi connectivity index (χ2v) is 4.89. The molecule has 106 valence electrons. The molecule has 1 aromatic rings. The smallest absolute Gasteiger partial charge is 0.309 e. The Morgan fingerprint density at radius 3 is 2.68 bits per heavy atom. The molecule has 0 saturated carbocycles. The molecule has 0 saturated heterocycles. The van der Waals surface area contributed by atoms with Gasteiger partial charge in [-0.1, -0.05) is 26.0 Å². The molecule has 0 fully saturated rings. The fraction of sp³-hybridized carbons (Fsp3) is 0.533. The Kier molecular flexibility index (Phi) is 6.79. The highest BCUT2D eigenvalue weighted by atomic mass is 16.5. The van der Waals surface area contributed by atoms with Gasteiger partial charge in [0.05, 0.1) is 25.3 Å². The molecule has 1 rings (SSSR count). The van der Waals surface area contributed by atoms with Gasteiger partial charge in [-0.05, 0) is 30.9 Å². The third kappa shape index (κ3) is 6.70. The molecule has 0 amide bonds. The van der Waals surface area contributed by atoms with Gasteiger partial charge in [-0.2, -0.15) is 0 Å². The molecule has 19 heavy (non-hydrogen) atoms. The molecule has 0 atom stereocenters. The molecule has 0 bridgehead atoms. The van der Waals surface area contributed by atoms with Gasteiger partial charge in [0.1, 0.15) is 5.75 Å². The van der Waals surface area contributed by atoms with E-state index >= 15 is 0 Å². The standard InChI is InChI=1S/C15H23NO3/c1-12(2)6-5-10-19-15(17)9-11-18-14-8-4-3-7-13(14)16/h3-4,7-8,12H,5-6,9-11,16H2,1-2H3. The Morgan fingerprint density at radius 1 is 1.26 bits per heavy atom. The highest BCUT2D eigenvalue weighted by molar-refractivity contribution is 5.69. The maximum atomic E-state index is 11.4. The molecule has 0 aliphatic heterocycles. The molecule has 0 radical (unpaired) electrons. The molecular weight excluding hydrogens is 242 g/mol. The second kappa shape index (κ2) is 8.40. The number of nitrogen functional groups attached to an aromatic ring is 1. The first-order chi connectivity index (χ1) is 9.09. The summed E-state index contributed by atoms with van der Waals surface area (Å²) in [6.07, 6.45) is 2.23. The molecular formula is C15H23NO3. The molecule has 0 aliphatic carbocycles. The predicted octanol–water partition coefficient (Wildman–Crippen LogP) is 3.02. The zero-order valence-corrected chi connectivity index (χ0v) is 11.7.